The second-order valence-electron chi connectivity index (χ2n) is 18.1. The van der Waals surface area contributed by atoms with Crippen LogP contribution in [0.2, 0.25) is 0 Å². The number of ether oxygens (including phenoxy) is 3. The van der Waals surface area contributed by atoms with Gasteiger partial charge >= 0.3 is 17.9 Å². The molecule has 0 radical (unpaired) electrons. The monoisotopic (exact) mass is 919 g/mol. The summed E-state index contributed by atoms with van der Waals surface area (Å²) in [5, 5.41) is 0. The minimum absolute atomic E-state index is 0.0867. The lowest BCUT2D eigenvalue weighted by Crippen LogP contribution is -2.30. The molecule has 0 spiro atoms. The summed E-state index contributed by atoms with van der Waals surface area (Å²) in [6.07, 6.45) is 70.0. The Labute approximate surface area is 407 Å². The molecule has 0 aliphatic rings. The van der Waals surface area contributed by atoms with Gasteiger partial charge in [0.25, 0.3) is 0 Å². The van der Waals surface area contributed by atoms with E-state index in [0.29, 0.717) is 19.3 Å². The summed E-state index contributed by atoms with van der Waals surface area (Å²) in [5.41, 5.74) is 0. The molecule has 0 aromatic heterocycles. The van der Waals surface area contributed by atoms with Crippen LogP contribution in [0.1, 0.15) is 258 Å². The van der Waals surface area contributed by atoms with Crippen LogP contribution in [0.5, 0.6) is 0 Å². The number of hydrogen-bond acceptors (Lipinski definition) is 6. The fraction of sp³-hybridized carbons (Fsp3) is 0.717. The molecule has 0 aliphatic heterocycles. The molecule has 1 atom stereocenters. The van der Waals surface area contributed by atoms with Gasteiger partial charge in [-0.3, -0.25) is 14.4 Å². The third kappa shape index (κ3) is 51.6. The molecule has 66 heavy (non-hydrogen) atoms. The van der Waals surface area contributed by atoms with E-state index in [9.17, 15) is 14.4 Å². The number of esters is 3. The number of rotatable bonds is 49. The molecule has 0 aliphatic carbocycles. The van der Waals surface area contributed by atoms with Gasteiger partial charge in [-0.05, 0) is 96.3 Å². The molecular weight excluding hydrogens is 817 g/mol. The Hall–Kier alpha value is -3.41. The largest absolute Gasteiger partial charge is 0.462 e. The highest BCUT2D eigenvalue weighted by Crippen LogP contribution is 2.14. The Morgan fingerprint density at radius 3 is 0.939 bits per heavy atom. The maximum absolute atomic E-state index is 12.8. The van der Waals surface area contributed by atoms with Crippen LogP contribution in [0.25, 0.3) is 0 Å². The molecule has 1 unspecified atom stereocenters. The number of unbranched alkanes of at least 4 members (excludes halogenated alkanes) is 24. The minimum Gasteiger partial charge on any atom is -0.462 e. The van der Waals surface area contributed by atoms with Crippen LogP contribution in [0.15, 0.2) is 85.1 Å². The van der Waals surface area contributed by atoms with E-state index in [1.54, 1.807) is 0 Å². The van der Waals surface area contributed by atoms with Crippen molar-refractivity contribution in [1.82, 2.24) is 0 Å². The molecular formula is C60H102O6. The normalized spacial score (nSPS) is 12.7. The van der Waals surface area contributed by atoms with Crippen molar-refractivity contribution in [2.75, 3.05) is 13.2 Å². The van der Waals surface area contributed by atoms with Crippen molar-refractivity contribution < 1.29 is 28.6 Å². The van der Waals surface area contributed by atoms with E-state index >= 15 is 0 Å². The van der Waals surface area contributed by atoms with Crippen molar-refractivity contribution in [2.45, 2.75) is 264 Å². The van der Waals surface area contributed by atoms with E-state index in [0.717, 1.165) is 122 Å². The molecule has 0 amide bonds. The Balaban J connectivity index is 4.37. The van der Waals surface area contributed by atoms with Gasteiger partial charge in [0, 0.05) is 19.3 Å². The first-order valence-corrected chi connectivity index (χ1v) is 27.6. The lowest BCUT2D eigenvalue weighted by molar-refractivity contribution is -0.167. The van der Waals surface area contributed by atoms with Crippen molar-refractivity contribution >= 4 is 17.9 Å². The molecule has 6 nitrogen and oxygen atoms in total. The number of hydrogen-bond donors (Lipinski definition) is 0. The molecule has 0 bridgehead atoms. The van der Waals surface area contributed by atoms with Gasteiger partial charge in [0.15, 0.2) is 6.10 Å². The van der Waals surface area contributed by atoms with Crippen molar-refractivity contribution in [3.05, 3.63) is 85.1 Å². The van der Waals surface area contributed by atoms with E-state index in [1.807, 2.05) is 0 Å². The second-order valence-corrected chi connectivity index (χ2v) is 18.1. The molecule has 0 aromatic rings. The topological polar surface area (TPSA) is 78.9 Å². The highest BCUT2D eigenvalue weighted by atomic mass is 16.6. The highest BCUT2D eigenvalue weighted by molar-refractivity contribution is 5.71. The highest BCUT2D eigenvalue weighted by Gasteiger charge is 2.19. The van der Waals surface area contributed by atoms with E-state index in [4.69, 9.17) is 14.2 Å². The summed E-state index contributed by atoms with van der Waals surface area (Å²) in [5.74, 6) is -0.920. The molecule has 0 saturated heterocycles. The van der Waals surface area contributed by atoms with E-state index in [2.05, 4.69) is 106 Å². The molecule has 378 valence electrons. The molecule has 0 saturated carbocycles. The molecule has 6 heteroatoms. The Bertz CT molecular complexity index is 1290. The van der Waals surface area contributed by atoms with Crippen LogP contribution in [-0.2, 0) is 28.6 Å². The van der Waals surface area contributed by atoms with Gasteiger partial charge in [-0.15, -0.1) is 0 Å². The standard InChI is InChI=1S/C60H102O6/c1-4-7-10-13-16-19-22-24-26-27-28-29-30-31-32-33-35-36-38-41-44-47-50-53-59(62)65-56-57(55-64-58(61)52-49-46-43-40-21-18-15-12-9-6-3)66-60(63)54-51-48-45-42-39-37-34-25-23-20-17-14-11-8-5-2/h7,10,16,19,24-26,28-29,31-32,34-36,57H,4-6,8-9,11-15,17-18,20-23,27,30,33,37-56H2,1-3H3/b10-7-,19-16-,26-24-,29-28-,32-31-,34-25-,36-35-. The van der Waals surface area contributed by atoms with Gasteiger partial charge in [-0.1, -0.05) is 228 Å². The second kappa shape index (κ2) is 54.2. The maximum Gasteiger partial charge on any atom is 0.306 e. The molecule has 0 rings (SSSR count). The summed E-state index contributed by atoms with van der Waals surface area (Å²) < 4.78 is 16.8. The summed E-state index contributed by atoms with van der Waals surface area (Å²) in [6, 6.07) is 0. The van der Waals surface area contributed by atoms with Crippen LogP contribution >= 0.6 is 0 Å². The lowest BCUT2D eigenvalue weighted by Gasteiger charge is -2.18. The van der Waals surface area contributed by atoms with Crippen LogP contribution in [-0.4, -0.2) is 37.2 Å². The fourth-order valence-electron chi connectivity index (χ4n) is 7.50. The fourth-order valence-corrected chi connectivity index (χ4v) is 7.50. The Kier molecular flexibility index (Phi) is 51.4. The van der Waals surface area contributed by atoms with E-state index < -0.39 is 6.10 Å². The van der Waals surface area contributed by atoms with E-state index in [-0.39, 0.29) is 31.1 Å². The van der Waals surface area contributed by atoms with Crippen molar-refractivity contribution in [1.29, 1.82) is 0 Å². The van der Waals surface area contributed by atoms with Crippen LogP contribution in [0, 0.1) is 0 Å². The quantitative estimate of drug-likeness (QED) is 0.0262. The van der Waals surface area contributed by atoms with Gasteiger partial charge in [-0.25, -0.2) is 0 Å². The first-order valence-electron chi connectivity index (χ1n) is 27.6. The van der Waals surface area contributed by atoms with Crippen LogP contribution in [0.4, 0.5) is 0 Å². The molecule has 0 heterocycles. The van der Waals surface area contributed by atoms with Crippen molar-refractivity contribution in [2.24, 2.45) is 0 Å². The average Bonchev–Trinajstić information content (AvgIpc) is 3.31. The SMILES string of the molecule is CC/C=C\C/C=C\C/C=C\C/C=C\C/C=C\C/C=C\CCCCCCC(=O)OCC(COC(=O)CCCCCCCCCCCC)OC(=O)CCCCCCC/C=C\CCCCCCCC. The number of carbonyl (C=O) groups is 3. The smallest absolute Gasteiger partial charge is 0.306 e. The summed E-state index contributed by atoms with van der Waals surface area (Å²) in [4.78, 5) is 38.0. The summed E-state index contributed by atoms with van der Waals surface area (Å²) >= 11 is 0. The minimum atomic E-state index is -0.789. The average molecular weight is 919 g/mol. The lowest BCUT2D eigenvalue weighted by atomic mass is 10.1. The Morgan fingerprint density at radius 1 is 0.318 bits per heavy atom. The van der Waals surface area contributed by atoms with Crippen molar-refractivity contribution in [3.63, 3.8) is 0 Å². The van der Waals surface area contributed by atoms with Gasteiger partial charge in [0.05, 0.1) is 0 Å². The molecule has 0 N–H and O–H groups in total. The zero-order chi connectivity index (χ0) is 47.9. The van der Waals surface area contributed by atoms with Gasteiger partial charge in [-0.2, -0.15) is 0 Å². The first kappa shape index (κ1) is 62.6. The zero-order valence-corrected chi connectivity index (χ0v) is 43.2. The molecule has 0 fully saturated rings. The third-order valence-corrected chi connectivity index (χ3v) is 11.6. The van der Waals surface area contributed by atoms with Gasteiger partial charge in [0.1, 0.15) is 13.2 Å². The summed E-state index contributed by atoms with van der Waals surface area (Å²) in [6.45, 7) is 6.48. The number of allylic oxidation sites excluding steroid dienone is 14. The van der Waals surface area contributed by atoms with Crippen molar-refractivity contribution in [3.8, 4) is 0 Å². The number of carbonyl (C=O) groups excluding carboxylic acids is 3. The predicted octanol–water partition coefficient (Wildman–Crippen LogP) is 18.4. The molecule has 0 aromatic carbocycles. The predicted molar refractivity (Wildman–Crippen MR) is 284 cm³/mol. The maximum atomic E-state index is 12.8. The van der Waals surface area contributed by atoms with Crippen LogP contribution in [0.3, 0.4) is 0 Å². The van der Waals surface area contributed by atoms with Gasteiger partial charge < -0.3 is 14.2 Å². The van der Waals surface area contributed by atoms with Gasteiger partial charge in [0.2, 0.25) is 0 Å². The van der Waals surface area contributed by atoms with Crippen LogP contribution < -0.4 is 0 Å². The Morgan fingerprint density at radius 2 is 0.591 bits per heavy atom. The van der Waals surface area contributed by atoms with E-state index in [1.165, 1.54) is 96.3 Å². The third-order valence-electron chi connectivity index (χ3n) is 11.6. The summed E-state index contributed by atoms with van der Waals surface area (Å²) in [7, 11) is 0. The first-order chi connectivity index (χ1) is 32.5. The zero-order valence-electron chi connectivity index (χ0n) is 43.2.